The van der Waals surface area contributed by atoms with Gasteiger partial charge in [-0.15, -0.1) is 0 Å². The van der Waals surface area contributed by atoms with Crippen molar-refractivity contribution in [1.29, 1.82) is 0 Å². The fourth-order valence-corrected chi connectivity index (χ4v) is 6.88. The topological polar surface area (TPSA) is 102 Å². The Morgan fingerprint density at radius 1 is 0.925 bits per heavy atom. The molecule has 0 aliphatic carbocycles. The van der Waals surface area contributed by atoms with Crippen molar-refractivity contribution >= 4 is 33.0 Å². The van der Waals surface area contributed by atoms with E-state index in [-0.39, 0.29) is 10.6 Å². The molecule has 6 rings (SSSR count). The second kappa shape index (κ2) is 10.4. The molecule has 0 radical (unpaired) electrons. The van der Waals surface area contributed by atoms with Gasteiger partial charge in [0.25, 0.3) is 10.0 Å². The van der Waals surface area contributed by atoms with Crippen LogP contribution >= 0.6 is 0 Å². The summed E-state index contributed by atoms with van der Waals surface area (Å²) >= 11 is 0. The fourth-order valence-electron chi connectivity index (χ4n) is 5.23. The number of anilines is 4. The van der Waals surface area contributed by atoms with Crippen LogP contribution in [0.25, 0.3) is 22.4 Å². The van der Waals surface area contributed by atoms with Crippen LogP contribution in [0, 0.1) is 0 Å². The molecule has 0 unspecified atom stereocenters. The number of benzene rings is 3. The number of nitrogens with zero attached hydrogens (tertiary/aromatic N) is 5. The third kappa shape index (κ3) is 4.84. The number of fused-ring (bicyclic) bond motifs is 3. The molecule has 2 aliphatic rings. The smallest absolute Gasteiger partial charge is 0.268 e. The molecule has 1 saturated heterocycles. The number of aromatic hydroxyl groups is 1. The molecular formula is C30H32N6O3S. The zero-order valence-electron chi connectivity index (χ0n) is 22.6. The van der Waals surface area contributed by atoms with Crippen molar-refractivity contribution in [1.82, 2.24) is 14.9 Å². The highest BCUT2D eigenvalue weighted by Gasteiger charge is 2.36. The first-order valence-corrected chi connectivity index (χ1v) is 14.9. The highest BCUT2D eigenvalue weighted by Crippen LogP contribution is 2.44. The molecule has 9 nitrogen and oxygen atoms in total. The first-order chi connectivity index (χ1) is 19.3. The van der Waals surface area contributed by atoms with Crippen LogP contribution in [0.4, 0.5) is 23.0 Å². The molecule has 2 aliphatic heterocycles. The zero-order valence-corrected chi connectivity index (χ0v) is 23.4. The highest BCUT2D eigenvalue weighted by atomic mass is 32.2. The van der Waals surface area contributed by atoms with E-state index in [9.17, 15) is 13.5 Å². The molecule has 4 aromatic rings. The van der Waals surface area contributed by atoms with Crippen LogP contribution in [0.5, 0.6) is 5.75 Å². The number of aromatic nitrogens is 2. The fraction of sp³-hybridized carbons (Fsp3) is 0.267. The van der Waals surface area contributed by atoms with E-state index in [4.69, 9.17) is 4.98 Å². The Labute approximate surface area is 234 Å². The minimum atomic E-state index is -3.84. The summed E-state index contributed by atoms with van der Waals surface area (Å²) in [6, 6.07) is 20.8. The van der Waals surface area contributed by atoms with Crippen LogP contribution in [-0.4, -0.2) is 68.2 Å². The van der Waals surface area contributed by atoms with Crippen LogP contribution in [0.3, 0.4) is 0 Å². The summed E-state index contributed by atoms with van der Waals surface area (Å²) < 4.78 is 28.9. The summed E-state index contributed by atoms with van der Waals surface area (Å²) in [6.07, 6.45) is 2.06. The first kappa shape index (κ1) is 26.1. The largest absolute Gasteiger partial charge is 0.508 e. The predicted molar refractivity (Wildman–Crippen MR) is 159 cm³/mol. The number of nitrogens with one attached hydrogen (secondary N) is 1. The molecule has 1 fully saturated rings. The normalized spacial score (nSPS) is 16.4. The van der Waals surface area contributed by atoms with E-state index in [2.05, 4.69) is 39.3 Å². The summed E-state index contributed by atoms with van der Waals surface area (Å²) in [5.74, 6) is 0.510. The van der Waals surface area contributed by atoms with Gasteiger partial charge in [0.05, 0.1) is 17.6 Å². The van der Waals surface area contributed by atoms with E-state index in [1.807, 2.05) is 49.4 Å². The maximum atomic E-state index is 13.7. The zero-order chi connectivity index (χ0) is 27.9. The van der Waals surface area contributed by atoms with Crippen molar-refractivity contribution < 1.29 is 13.5 Å². The lowest BCUT2D eigenvalue weighted by molar-refractivity contribution is 0.313. The molecule has 2 N–H and O–H groups in total. The second-order valence-electron chi connectivity index (χ2n) is 10.2. The quantitative estimate of drug-likeness (QED) is 0.345. The summed E-state index contributed by atoms with van der Waals surface area (Å²) in [5, 5.41) is 12.9. The Balaban J connectivity index is 1.33. The van der Waals surface area contributed by atoms with Gasteiger partial charge in [0.1, 0.15) is 10.6 Å². The molecule has 206 valence electrons. The predicted octanol–water partition coefficient (Wildman–Crippen LogP) is 4.93. The van der Waals surface area contributed by atoms with Crippen molar-refractivity contribution in [3.63, 3.8) is 0 Å². The van der Waals surface area contributed by atoms with E-state index in [1.54, 1.807) is 12.1 Å². The van der Waals surface area contributed by atoms with Gasteiger partial charge < -0.3 is 20.2 Å². The monoisotopic (exact) mass is 556 g/mol. The number of piperazine rings is 1. The van der Waals surface area contributed by atoms with Crippen molar-refractivity contribution in [2.45, 2.75) is 18.2 Å². The number of hydrogen-bond acceptors (Lipinski definition) is 8. The van der Waals surface area contributed by atoms with Gasteiger partial charge in [0.15, 0.2) is 0 Å². The van der Waals surface area contributed by atoms with Crippen LogP contribution in [0.2, 0.25) is 0 Å². The summed E-state index contributed by atoms with van der Waals surface area (Å²) in [6.45, 7) is 6.36. The van der Waals surface area contributed by atoms with Gasteiger partial charge in [-0.1, -0.05) is 31.2 Å². The third-order valence-electron chi connectivity index (χ3n) is 7.46. The summed E-state index contributed by atoms with van der Waals surface area (Å²) in [7, 11) is -1.70. The maximum Gasteiger partial charge on any atom is 0.268 e. The van der Waals surface area contributed by atoms with Gasteiger partial charge in [-0.2, -0.15) is 0 Å². The number of hydrogen-bond donors (Lipinski definition) is 2. The molecule has 3 heterocycles. The van der Waals surface area contributed by atoms with Gasteiger partial charge in [-0.25, -0.2) is 18.4 Å². The lowest BCUT2D eigenvalue weighted by Gasteiger charge is -2.34. The molecule has 3 aromatic carbocycles. The van der Waals surface area contributed by atoms with E-state index in [0.29, 0.717) is 30.3 Å². The molecule has 0 bridgehead atoms. The lowest BCUT2D eigenvalue weighted by atomic mass is 10.00. The Hall–Kier alpha value is -4.15. The van der Waals surface area contributed by atoms with Gasteiger partial charge in [-0.05, 0) is 67.1 Å². The van der Waals surface area contributed by atoms with E-state index in [0.717, 1.165) is 48.6 Å². The summed E-state index contributed by atoms with van der Waals surface area (Å²) in [4.78, 5) is 13.9. The number of phenolic OH excluding ortho intramolecular Hbond substituents is 1. The third-order valence-corrected chi connectivity index (χ3v) is 9.28. The average Bonchev–Trinajstić information content (AvgIpc) is 2.96. The van der Waals surface area contributed by atoms with E-state index < -0.39 is 10.0 Å². The van der Waals surface area contributed by atoms with Gasteiger partial charge in [0, 0.05) is 49.7 Å². The number of likely N-dealkylation sites (N-methyl/N-ethyl adjacent to an activating group) is 1. The standard InChI is InChI=1S/C30H32N6O3S/c1-3-14-36-27-19-22(21-4-11-25(37)12-5-21)6-13-26(27)29-28(40(36,38)39)20-31-30(33-29)32-23-7-9-24(10-8-23)35-17-15-34(2)16-18-35/h4-13,19-20,37H,3,14-18H2,1-2H3,(H,31,32,33). The van der Waals surface area contributed by atoms with Crippen LogP contribution in [-0.2, 0) is 10.0 Å². The minimum absolute atomic E-state index is 0.0989. The van der Waals surface area contributed by atoms with Crippen molar-refractivity contribution in [3.8, 4) is 28.1 Å². The highest BCUT2D eigenvalue weighted by molar-refractivity contribution is 7.93. The maximum absolute atomic E-state index is 13.7. The van der Waals surface area contributed by atoms with E-state index >= 15 is 0 Å². The molecule has 0 spiro atoms. The van der Waals surface area contributed by atoms with Crippen LogP contribution in [0.15, 0.2) is 77.8 Å². The Bertz CT molecular complexity index is 1630. The Morgan fingerprint density at radius 2 is 1.62 bits per heavy atom. The van der Waals surface area contributed by atoms with Crippen LogP contribution in [0.1, 0.15) is 13.3 Å². The Morgan fingerprint density at radius 3 is 2.33 bits per heavy atom. The second-order valence-corrected chi connectivity index (χ2v) is 12.1. The SMILES string of the molecule is CCCN1c2cc(-c3ccc(O)cc3)ccc2-c2nc(Nc3ccc(N4CCN(C)CC4)cc3)ncc2S1(=O)=O. The molecular weight excluding hydrogens is 524 g/mol. The molecule has 1 aromatic heterocycles. The molecule has 40 heavy (non-hydrogen) atoms. The average molecular weight is 557 g/mol. The molecule has 0 amide bonds. The van der Waals surface area contributed by atoms with Crippen LogP contribution < -0.4 is 14.5 Å². The molecule has 10 heteroatoms. The van der Waals surface area contributed by atoms with Gasteiger partial charge >= 0.3 is 0 Å². The Kier molecular flexibility index (Phi) is 6.81. The van der Waals surface area contributed by atoms with Crippen molar-refractivity contribution in [2.75, 3.05) is 54.3 Å². The van der Waals surface area contributed by atoms with Gasteiger partial charge in [-0.3, -0.25) is 4.31 Å². The van der Waals surface area contributed by atoms with Gasteiger partial charge in [0.2, 0.25) is 5.95 Å². The summed E-state index contributed by atoms with van der Waals surface area (Å²) in [5.41, 5.74) is 5.43. The number of rotatable bonds is 6. The molecule has 0 atom stereocenters. The van der Waals surface area contributed by atoms with Crippen molar-refractivity contribution in [3.05, 3.63) is 72.9 Å². The van der Waals surface area contributed by atoms with E-state index in [1.165, 1.54) is 16.2 Å². The van der Waals surface area contributed by atoms with Crippen molar-refractivity contribution in [2.24, 2.45) is 0 Å². The minimum Gasteiger partial charge on any atom is -0.508 e. The number of phenols is 1. The molecule has 0 saturated carbocycles. The number of sulfonamides is 1. The first-order valence-electron chi connectivity index (χ1n) is 13.5. The lowest BCUT2D eigenvalue weighted by Crippen LogP contribution is -2.44.